The van der Waals surface area contributed by atoms with E-state index >= 15 is 0 Å². The first-order valence-corrected chi connectivity index (χ1v) is 6.02. The second-order valence-corrected chi connectivity index (χ2v) is 5.23. The molecule has 2 aliphatic rings. The largest absolute Gasteiger partial charge is 0.481 e. The molecule has 0 aromatic carbocycles. The van der Waals surface area contributed by atoms with E-state index in [4.69, 9.17) is 5.11 Å². The summed E-state index contributed by atoms with van der Waals surface area (Å²) in [6, 6.07) is 0. The van der Waals surface area contributed by atoms with Crippen molar-refractivity contribution in [2.75, 3.05) is 13.6 Å². The van der Waals surface area contributed by atoms with Gasteiger partial charge in [-0.25, -0.2) is 0 Å². The molecule has 2 aliphatic carbocycles. The van der Waals surface area contributed by atoms with E-state index in [9.17, 15) is 9.59 Å². The predicted molar refractivity (Wildman–Crippen MR) is 58.9 cm³/mol. The molecule has 1 spiro atoms. The fourth-order valence-electron chi connectivity index (χ4n) is 2.97. The summed E-state index contributed by atoms with van der Waals surface area (Å²) in [5, 5.41) is 8.57. The van der Waals surface area contributed by atoms with Gasteiger partial charge in [-0.15, -0.1) is 0 Å². The predicted octanol–water partition coefficient (Wildman–Crippen LogP) is 1.50. The van der Waals surface area contributed by atoms with Crippen molar-refractivity contribution in [2.24, 2.45) is 11.3 Å². The maximum atomic E-state index is 12.0. The number of carboxylic acid groups (broad SMARTS) is 1. The van der Waals surface area contributed by atoms with Crippen molar-refractivity contribution in [1.29, 1.82) is 0 Å². The molecular weight excluding hydrogens is 206 g/mol. The van der Waals surface area contributed by atoms with Crippen LogP contribution in [-0.2, 0) is 9.59 Å². The quantitative estimate of drug-likeness (QED) is 0.788. The Bertz CT molecular complexity index is 307. The molecule has 0 saturated heterocycles. The van der Waals surface area contributed by atoms with Crippen molar-refractivity contribution in [1.82, 2.24) is 4.90 Å². The van der Waals surface area contributed by atoms with Gasteiger partial charge in [0.15, 0.2) is 0 Å². The summed E-state index contributed by atoms with van der Waals surface area (Å²) in [6.45, 7) is 0.334. The fraction of sp³-hybridized carbons (Fsp3) is 0.833. The molecule has 4 heteroatoms. The zero-order chi connectivity index (χ0) is 11.8. The lowest BCUT2D eigenvalue weighted by Crippen LogP contribution is -2.31. The number of carboxylic acids is 1. The van der Waals surface area contributed by atoms with Crippen molar-refractivity contribution < 1.29 is 14.7 Å². The number of nitrogens with zero attached hydrogens (tertiary/aromatic N) is 1. The van der Waals surface area contributed by atoms with Crippen LogP contribution in [0.5, 0.6) is 0 Å². The van der Waals surface area contributed by atoms with Gasteiger partial charge in [0.25, 0.3) is 0 Å². The Hall–Kier alpha value is -1.06. The zero-order valence-electron chi connectivity index (χ0n) is 9.74. The highest BCUT2D eigenvalue weighted by molar-refractivity contribution is 5.83. The molecule has 2 saturated carbocycles. The zero-order valence-corrected chi connectivity index (χ0v) is 9.74. The molecule has 1 amide bonds. The van der Waals surface area contributed by atoms with Crippen molar-refractivity contribution in [3.05, 3.63) is 0 Å². The van der Waals surface area contributed by atoms with E-state index in [0.717, 1.165) is 6.42 Å². The summed E-state index contributed by atoms with van der Waals surface area (Å²) < 4.78 is 0. The first kappa shape index (κ1) is 11.4. The van der Waals surface area contributed by atoms with E-state index in [-0.39, 0.29) is 18.2 Å². The van der Waals surface area contributed by atoms with Crippen LogP contribution in [0.3, 0.4) is 0 Å². The molecule has 0 aromatic rings. The molecule has 16 heavy (non-hydrogen) atoms. The monoisotopic (exact) mass is 225 g/mol. The van der Waals surface area contributed by atoms with Crippen LogP contribution in [0, 0.1) is 11.3 Å². The summed E-state index contributed by atoms with van der Waals surface area (Å²) in [6.07, 6.45) is 5.96. The number of hydrogen-bond donors (Lipinski definition) is 1. The third kappa shape index (κ3) is 2.06. The van der Waals surface area contributed by atoms with Crippen LogP contribution in [0.2, 0.25) is 0 Å². The molecule has 2 fully saturated rings. The summed E-state index contributed by atoms with van der Waals surface area (Å²) in [5.74, 6) is -0.497. The van der Waals surface area contributed by atoms with E-state index in [1.807, 2.05) is 0 Å². The topological polar surface area (TPSA) is 57.6 Å². The van der Waals surface area contributed by atoms with Gasteiger partial charge in [0.2, 0.25) is 5.91 Å². The Kier molecular flexibility index (Phi) is 2.91. The van der Waals surface area contributed by atoms with Gasteiger partial charge in [-0.2, -0.15) is 0 Å². The van der Waals surface area contributed by atoms with Crippen LogP contribution >= 0.6 is 0 Å². The summed E-state index contributed by atoms with van der Waals surface area (Å²) >= 11 is 0. The van der Waals surface area contributed by atoms with Crippen molar-refractivity contribution >= 4 is 11.9 Å². The Morgan fingerprint density at radius 2 is 2.00 bits per heavy atom. The normalized spacial score (nSPS) is 25.7. The van der Waals surface area contributed by atoms with Crippen molar-refractivity contribution in [3.8, 4) is 0 Å². The lowest BCUT2D eigenvalue weighted by Gasteiger charge is -2.17. The average molecular weight is 225 g/mol. The molecule has 4 nitrogen and oxygen atoms in total. The maximum absolute atomic E-state index is 12.0. The third-order valence-electron chi connectivity index (χ3n) is 4.12. The average Bonchev–Trinajstić information content (AvgIpc) is 2.72. The van der Waals surface area contributed by atoms with Gasteiger partial charge in [0, 0.05) is 19.5 Å². The van der Waals surface area contributed by atoms with E-state index in [1.54, 1.807) is 11.9 Å². The molecule has 1 N–H and O–H groups in total. The van der Waals surface area contributed by atoms with Gasteiger partial charge in [-0.3, -0.25) is 9.59 Å². The van der Waals surface area contributed by atoms with Crippen LogP contribution in [-0.4, -0.2) is 35.5 Å². The number of rotatable bonds is 4. The van der Waals surface area contributed by atoms with E-state index in [0.29, 0.717) is 12.0 Å². The molecule has 90 valence electrons. The molecule has 0 radical (unpaired) electrons. The van der Waals surface area contributed by atoms with Crippen LogP contribution < -0.4 is 0 Å². The van der Waals surface area contributed by atoms with Crippen LogP contribution in [0.4, 0.5) is 0 Å². The molecule has 0 heterocycles. The van der Waals surface area contributed by atoms with E-state index in [2.05, 4.69) is 0 Å². The fourth-order valence-corrected chi connectivity index (χ4v) is 2.97. The summed E-state index contributed by atoms with van der Waals surface area (Å²) in [7, 11) is 1.71. The molecule has 0 aromatic heterocycles. The molecule has 1 atom stereocenters. The summed E-state index contributed by atoms with van der Waals surface area (Å²) in [4.78, 5) is 24.0. The van der Waals surface area contributed by atoms with Gasteiger partial charge >= 0.3 is 5.97 Å². The Labute approximate surface area is 95.6 Å². The number of hydrogen-bond acceptors (Lipinski definition) is 2. The minimum absolute atomic E-state index is 0.0436. The molecule has 1 unspecified atom stereocenters. The highest BCUT2D eigenvalue weighted by atomic mass is 16.4. The number of amides is 1. The van der Waals surface area contributed by atoms with Crippen molar-refractivity contribution in [3.63, 3.8) is 0 Å². The number of carbonyl (C=O) groups excluding carboxylic acids is 1. The smallest absolute Gasteiger partial charge is 0.305 e. The molecule has 2 rings (SSSR count). The Balaban J connectivity index is 1.82. The van der Waals surface area contributed by atoms with Crippen LogP contribution in [0.15, 0.2) is 0 Å². The lowest BCUT2D eigenvalue weighted by molar-refractivity contribution is -0.138. The molecule has 0 aliphatic heterocycles. The second kappa shape index (κ2) is 4.07. The molecular formula is C12H19NO3. The first-order chi connectivity index (χ1) is 7.55. The van der Waals surface area contributed by atoms with Gasteiger partial charge < -0.3 is 10.0 Å². The third-order valence-corrected chi connectivity index (χ3v) is 4.12. The van der Waals surface area contributed by atoms with Gasteiger partial charge in [-0.1, -0.05) is 12.8 Å². The number of aliphatic carboxylic acids is 1. The van der Waals surface area contributed by atoms with E-state index < -0.39 is 5.97 Å². The second-order valence-electron chi connectivity index (χ2n) is 5.23. The Morgan fingerprint density at radius 3 is 2.56 bits per heavy atom. The van der Waals surface area contributed by atoms with Gasteiger partial charge in [0.1, 0.15) is 0 Å². The van der Waals surface area contributed by atoms with Gasteiger partial charge in [0.05, 0.1) is 6.42 Å². The van der Waals surface area contributed by atoms with Crippen LogP contribution in [0.25, 0.3) is 0 Å². The standard InChI is InChI=1S/C12H19NO3/c1-13(7-4-10(14)15)11(16)9-8-12(9)5-2-3-6-12/h9H,2-8H2,1H3,(H,14,15). The molecule has 0 bridgehead atoms. The lowest BCUT2D eigenvalue weighted by atomic mass is 10.0. The Morgan fingerprint density at radius 1 is 1.38 bits per heavy atom. The summed E-state index contributed by atoms with van der Waals surface area (Å²) in [5.41, 5.74) is 0.314. The minimum atomic E-state index is -0.842. The highest BCUT2D eigenvalue weighted by Gasteiger charge is 2.59. The van der Waals surface area contributed by atoms with Crippen LogP contribution in [0.1, 0.15) is 38.5 Å². The number of carbonyl (C=O) groups is 2. The van der Waals surface area contributed by atoms with Gasteiger partial charge in [-0.05, 0) is 24.7 Å². The SMILES string of the molecule is CN(CCC(=O)O)C(=O)C1CC12CCCC2. The maximum Gasteiger partial charge on any atom is 0.305 e. The first-order valence-electron chi connectivity index (χ1n) is 6.02. The van der Waals surface area contributed by atoms with Crippen molar-refractivity contribution in [2.45, 2.75) is 38.5 Å². The minimum Gasteiger partial charge on any atom is -0.481 e. The van der Waals surface area contributed by atoms with E-state index in [1.165, 1.54) is 25.7 Å². The highest BCUT2D eigenvalue weighted by Crippen LogP contribution is 2.63.